The number of pyridine rings is 1. The average Bonchev–Trinajstić information content (AvgIpc) is 2.58. The summed E-state index contributed by atoms with van der Waals surface area (Å²) in [4.78, 5) is 30.7. The van der Waals surface area contributed by atoms with E-state index in [0.717, 1.165) is 47.7 Å². The van der Waals surface area contributed by atoms with Crippen molar-refractivity contribution >= 4 is 23.2 Å². The first kappa shape index (κ1) is 17.1. The predicted molar refractivity (Wildman–Crippen MR) is 99.0 cm³/mol. The summed E-state index contributed by atoms with van der Waals surface area (Å²) in [7, 11) is 0. The van der Waals surface area contributed by atoms with E-state index in [1.165, 1.54) is 0 Å². The zero-order valence-corrected chi connectivity index (χ0v) is 14.9. The van der Waals surface area contributed by atoms with Crippen LogP contribution in [0.1, 0.15) is 46.6 Å². The van der Waals surface area contributed by atoms with Crippen LogP contribution in [0.5, 0.6) is 0 Å². The summed E-state index contributed by atoms with van der Waals surface area (Å²) in [6, 6.07) is 9.15. The number of benzene rings is 1. The molecule has 0 saturated carbocycles. The summed E-state index contributed by atoms with van der Waals surface area (Å²) < 4.78 is 0. The van der Waals surface area contributed by atoms with Crippen molar-refractivity contribution in [3.05, 3.63) is 52.8 Å². The standard InChI is InChI=1S/C20H23N3O2/c1-13-12-14(2)21-15(3)19(13)22-20(25)16-7-9-17(10-8-16)23-11-5-4-6-18(23)24/h7-10,12H,4-6,11H2,1-3H3,(H,22,25). The molecule has 0 aliphatic carbocycles. The Balaban J connectivity index is 1.76. The Morgan fingerprint density at radius 2 is 1.84 bits per heavy atom. The molecule has 0 bridgehead atoms. The summed E-state index contributed by atoms with van der Waals surface area (Å²) in [5.74, 6) is -0.0196. The van der Waals surface area contributed by atoms with E-state index in [0.29, 0.717) is 12.0 Å². The lowest BCUT2D eigenvalue weighted by molar-refractivity contribution is -0.119. The van der Waals surface area contributed by atoms with Crippen LogP contribution in [0, 0.1) is 20.8 Å². The van der Waals surface area contributed by atoms with E-state index >= 15 is 0 Å². The lowest BCUT2D eigenvalue weighted by Gasteiger charge is -2.26. The van der Waals surface area contributed by atoms with Crippen molar-refractivity contribution in [1.29, 1.82) is 0 Å². The van der Waals surface area contributed by atoms with Crippen molar-refractivity contribution in [2.45, 2.75) is 40.0 Å². The van der Waals surface area contributed by atoms with Gasteiger partial charge >= 0.3 is 0 Å². The van der Waals surface area contributed by atoms with Crippen molar-refractivity contribution in [1.82, 2.24) is 4.98 Å². The summed E-state index contributed by atoms with van der Waals surface area (Å²) in [6.07, 6.45) is 2.58. The van der Waals surface area contributed by atoms with Gasteiger partial charge in [0.2, 0.25) is 5.91 Å². The molecule has 1 saturated heterocycles. The summed E-state index contributed by atoms with van der Waals surface area (Å²) in [6.45, 7) is 6.53. The third-order valence-electron chi connectivity index (χ3n) is 4.53. The summed E-state index contributed by atoms with van der Waals surface area (Å²) >= 11 is 0. The fourth-order valence-corrected chi connectivity index (χ4v) is 3.27. The molecule has 1 aliphatic heterocycles. The van der Waals surface area contributed by atoms with Crippen molar-refractivity contribution in [2.24, 2.45) is 0 Å². The van der Waals surface area contributed by atoms with E-state index < -0.39 is 0 Å². The van der Waals surface area contributed by atoms with Gasteiger partial charge in [-0.3, -0.25) is 14.6 Å². The predicted octanol–water partition coefficient (Wildman–Crippen LogP) is 3.78. The second kappa shape index (κ2) is 7.05. The van der Waals surface area contributed by atoms with Crippen LogP contribution in [0.3, 0.4) is 0 Å². The molecular formula is C20H23N3O2. The second-order valence-corrected chi connectivity index (χ2v) is 6.54. The smallest absolute Gasteiger partial charge is 0.255 e. The molecule has 25 heavy (non-hydrogen) atoms. The lowest BCUT2D eigenvalue weighted by Crippen LogP contribution is -2.35. The Morgan fingerprint density at radius 1 is 1.12 bits per heavy atom. The van der Waals surface area contributed by atoms with Gasteiger partial charge in [-0.1, -0.05) is 0 Å². The molecular weight excluding hydrogens is 314 g/mol. The molecule has 1 fully saturated rings. The van der Waals surface area contributed by atoms with Gasteiger partial charge in [-0.2, -0.15) is 0 Å². The maximum Gasteiger partial charge on any atom is 0.255 e. The molecule has 1 aromatic heterocycles. The van der Waals surface area contributed by atoms with Gasteiger partial charge < -0.3 is 10.2 Å². The monoisotopic (exact) mass is 337 g/mol. The van der Waals surface area contributed by atoms with Gasteiger partial charge in [-0.25, -0.2) is 0 Å². The molecule has 2 heterocycles. The van der Waals surface area contributed by atoms with Crippen LogP contribution in [0.4, 0.5) is 11.4 Å². The molecule has 130 valence electrons. The molecule has 1 N–H and O–H groups in total. The van der Waals surface area contributed by atoms with E-state index in [-0.39, 0.29) is 11.8 Å². The second-order valence-electron chi connectivity index (χ2n) is 6.54. The van der Waals surface area contributed by atoms with Gasteiger partial charge in [-0.05, 0) is 69.5 Å². The van der Waals surface area contributed by atoms with Crippen molar-refractivity contribution in [3.63, 3.8) is 0 Å². The van der Waals surface area contributed by atoms with Crippen LogP contribution in [0.25, 0.3) is 0 Å². The molecule has 3 rings (SSSR count). The molecule has 2 aromatic rings. The van der Waals surface area contributed by atoms with Crippen molar-refractivity contribution in [2.75, 3.05) is 16.8 Å². The first-order valence-corrected chi connectivity index (χ1v) is 8.62. The highest BCUT2D eigenvalue weighted by atomic mass is 16.2. The van der Waals surface area contributed by atoms with Crippen LogP contribution >= 0.6 is 0 Å². The van der Waals surface area contributed by atoms with E-state index in [1.54, 1.807) is 17.0 Å². The maximum absolute atomic E-state index is 12.5. The number of rotatable bonds is 3. The zero-order chi connectivity index (χ0) is 18.0. The van der Waals surface area contributed by atoms with Crippen LogP contribution in [-0.2, 0) is 4.79 Å². The minimum atomic E-state index is -0.173. The van der Waals surface area contributed by atoms with Crippen LogP contribution < -0.4 is 10.2 Å². The topological polar surface area (TPSA) is 62.3 Å². The number of hydrogen-bond acceptors (Lipinski definition) is 3. The average molecular weight is 337 g/mol. The van der Waals surface area contributed by atoms with E-state index in [9.17, 15) is 9.59 Å². The highest BCUT2D eigenvalue weighted by molar-refractivity contribution is 6.05. The number of piperidine rings is 1. The highest BCUT2D eigenvalue weighted by Gasteiger charge is 2.20. The van der Waals surface area contributed by atoms with E-state index in [2.05, 4.69) is 10.3 Å². The zero-order valence-electron chi connectivity index (χ0n) is 14.9. The largest absolute Gasteiger partial charge is 0.320 e. The highest BCUT2D eigenvalue weighted by Crippen LogP contribution is 2.23. The van der Waals surface area contributed by atoms with Gasteiger partial charge in [-0.15, -0.1) is 0 Å². The number of amides is 2. The number of nitrogens with zero attached hydrogens (tertiary/aromatic N) is 2. The number of carbonyl (C=O) groups is 2. The normalized spacial score (nSPS) is 14.5. The van der Waals surface area contributed by atoms with Crippen LogP contribution in [0.15, 0.2) is 30.3 Å². The molecule has 1 aliphatic rings. The number of nitrogens with one attached hydrogen (secondary N) is 1. The number of aromatic nitrogens is 1. The first-order chi connectivity index (χ1) is 12.0. The number of hydrogen-bond donors (Lipinski definition) is 1. The Kier molecular flexibility index (Phi) is 4.83. The molecule has 5 nitrogen and oxygen atoms in total. The number of carbonyl (C=O) groups excluding carboxylic acids is 2. The first-order valence-electron chi connectivity index (χ1n) is 8.62. The van der Waals surface area contributed by atoms with Gasteiger partial charge in [0.25, 0.3) is 5.91 Å². The molecule has 2 amide bonds. The fourth-order valence-electron chi connectivity index (χ4n) is 3.27. The van der Waals surface area contributed by atoms with Gasteiger partial charge in [0.1, 0.15) is 0 Å². The van der Waals surface area contributed by atoms with Crippen LogP contribution in [-0.4, -0.2) is 23.3 Å². The van der Waals surface area contributed by atoms with Gasteiger partial charge in [0, 0.05) is 29.9 Å². The minimum Gasteiger partial charge on any atom is -0.320 e. The maximum atomic E-state index is 12.5. The van der Waals surface area contributed by atoms with Crippen molar-refractivity contribution in [3.8, 4) is 0 Å². The van der Waals surface area contributed by atoms with Gasteiger partial charge in [0.05, 0.1) is 11.4 Å². The molecule has 0 radical (unpaired) electrons. The van der Waals surface area contributed by atoms with E-state index in [1.807, 2.05) is 39.0 Å². The van der Waals surface area contributed by atoms with Gasteiger partial charge in [0.15, 0.2) is 0 Å². The fraction of sp³-hybridized carbons (Fsp3) is 0.350. The molecule has 0 spiro atoms. The Bertz CT molecular complexity index is 789. The Morgan fingerprint density at radius 3 is 2.48 bits per heavy atom. The SMILES string of the molecule is Cc1cc(C)c(NC(=O)c2ccc(N3CCCCC3=O)cc2)c(C)n1. The lowest BCUT2D eigenvalue weighted by atomic mass is 10.1. The third kappa shape index (κ3) is 3.71. The molecule has 0 atom stereocenters. The number of anilines is 2. The summed E-state index contributed by atoms with van der Waals surface area (Å²) in [5.41, 5.74) is 4.91. The summed E-state index contributed by atoms with van der Waals surface area (Å²) in [5, 5.41) is 2.95. The third-order valence-corrected chi connectivity index (χ3v) is 4.53. The van der Waals surface area contributed by atoms with Crippen molar-refractivity contribution < 1.29 is 9.59 Å². The molecule has 0 unspecified atom stereocenters. The number of aryl methyl sites for hydroxylation is 3. The van der Waals surface area contributed by atoms with Crippen LogP contribution in [0.2, 0.25) is 0 Å². The Hall–Kier alpha value is -2.69. The Labute approximate surface area is 148 Å². The minimum absolute atomic E-state index is 0.153. The quantitative estimate of drug-likeness (QED) is 0.927. The molecule has 1 aromatic carbocycles. The molecule has 5 heteroatoms. The van der Waals surface area contributed by atoms with E-state index in [4.69, 9.17) is 0 Å².